The number of carbonyl (C=O) groups is 1. The predicted molar refractivity (Wildman–Crippen MR) is 101 cm³/mol. The van der Waals surface area contributed by atoms with Crippen LogP contribution in [-0.2, 0) is 22.5 Å². The van der Waals surface area contributed by atoms with Crippen molar-refractivity contribution in [1.29, 1.82) is 0 Å². The number of ether oxygens (including phenoxy) is 1. The van der Waals surface area contributed by atoms with Crippen LogP contribution < -0.4 is 5.56 Å². The number of nitrogens with one attached hydrogen (secondary N) is 1. The molecule has 0 aliphatic rings. The Morgan fingerprint density at radius 1 is 1.42 bits per heavy atom. The van der Waals surface area contributed by atoms with Crippen molar-refractivity contribution in [2.45, 2.75) is 32.4 Å². The number of hydrogen-bond acceptors (Lipinski definition) is 6. The van der Waals surface area contributed by atoms with E-state index in [0.717, 1.165) is 12.0 Å². The molecule has 7 nitrogen and oxygen atoms in total. The summed E-state index contributed by atoms with van der Waals surface area (Å²) in [6.45, 7) is 2.37. The highest BCUT2D eigenvalue weighted by molar-refractivity contribution is 7.71. The van der Waals surface area contributed by atoms with E-state index in [4.69, 9.17) is 17.0 Å². The lowest BCUT2D eigenvalue weighted by Gasteiger charge is -2.12. The highest BCUT2D eigenvalue weighted by atomic mass is 32.1. The van der Waals surface area contributed by atoms with E-state index >= 15 is 0 Å². The third-order valence-corrected chi connectivity index (χ3v) is 4.11. The zero-order valence-corrected chi connectivity index (χ0v) is 15.5. The second kappa shape index (κ2) is 9.10. The van der Waals surface area contributed by atoms with Crippen molar-refractivity contribution in [3.8, 4) is 5.88 Å². The Labute approximate surface area is 156 Å². The molecule has 0 spiro atoms. The average molecular weight is 375 g/mol. The minimum Gasteiger partial charge on any atom is -0.494 e. The van der Waals surface area contributed by atoms with Gasteiger partial charge in [0.1, 0.15) is 5.56 Å². The maximum atomic E-state index is 12.1. The zero-order valence-electron chi connectivity index (χ0n) is 14.6. The minimum atomic E-state index is -0.830. The first-order chi connectivity index (χ1) is 12.5. The summed E-state index contributed by atoms with van der Waals surface area (Å²) in [5, 5.41) is 10.3. The second-order valence-electron chi connectivity index (χ2n) is 5.66. The van der Waals surface area contributed by atoms with E-state index in [0.29, 0.717) is 13.0 Å². The van der Waals surface area contributed by atoms with Crippen LogP contribution in [-0.4, -0.2) is 40.0 Å². The fraction of sp³-hybridized carbons (Fsp3) is 0.333. The highest BCUT2D eigenvalue weighted by Gasteiger charge is 2.19. The van der Waals surface area contributed by atoms with Crippen molar-refractivity contribution in [3.05, 3.63) is 56.6 Å². The van der Waals surface area contributed by atoms with Crippen LogP contribution in [0, 0.1) is 4.77 Å². The fourth-order valence-electron chi connectivity index (χ4n) is 2.46. The molecule has 0 saturated carbocycles. The van der Waals surface area contributed by atoms with Gasteiger partial charge >= 0.3 is 5.97 Å². The lowest BCUT2D eigenvalue weighted by Crippen LogP contribution is -2.24. The number of H-pyrrole nitrogens is 1. The Bertz CT molecular complexity index is 903. The summed E-state index contributed by atoms with van der Waals surface area (Å²) in [5.41, 5.74) is 0.293. The van der Waals surface area contributed by atoms with Gasteiger partial charge in [-0.2, -0.15) is 0 Å². The molecule has 0 radical (unpaired) electrons. The van der Waals surface area contributed by atoms with E-state index in [9.17, 15) is 14.7 Å². The Morgan fingerprint density at radius 3 is 2.73 bits per heavy atom. The van der Waals surface area contributed by atoms with Gasteiger partial charge in [0.15, 0.2) is 10.8 Å². The minimum absolute atomic E-state index is 0.0472. The van der Waals surface area contributed by atoms with Crippen molar-refractivity contribution >= 4 is 24.4 Å². The van der Waals surface area contributed by atoms with Crippen molar-refractivity contribution < 1.29 is 14.6 Å². The average Bonchev–Trinajstić information content (AvgIpc) is 2.64. The smallest absolute Gasteiger partial charge is 0.330 e. The SMILES string of the molecule is CCCn1c(O)c(C=N[C@H](Cc2ccccc2)C(=O)OC)c(=O)[nH]c1=S. The van der Waals surface area contributed by atoms with Crippen LogP contribution in [0.5, 0.6) is 5.88 Å². The lowest BCUT2D eigenvalue weighted by atomic mass is 10.1. The van der Waals surface area contributed by atoms with Crippen LogP contribution in [0.3, 0.4) is 0 Å². The summed E-state index contributed by atoms with van der Waals surface area (Å²) in [4.78, 5) is 30.8. The van der Waals surface area contributed by atoms with Crippen LogP contribution >= 0.6 is 12.2 Å². The predicted octanol–water partition coefficient (Wildman–Crippen LogP) is 2.22. The summed E-state index contributed by atoms with van der Waals surface area (Å²) in [7, 11) is 1.28. The normalized spacial score (nSPS) is 12.2. The lowest BCUT2D eigenvalue weighted by molar-refractivity contribution is -0.142. The highest BCUT2D eigenvalue weighted by Crippen LogP contribution is 2.13. The van der Waals surface area contributed by atoms with Crippen molar-refractivity contribution in [2.75, 3.05) is 7.11 Å². The van der Waals surface area contributed by atoms with Gasteiger partial charge in [0.25, 0.3) is 5.56 Å². The van der Waals surface area contributed by atoms with Gasteiger partial charge < -0.3 is 9.84 Å². The van der Waals surface area contributed by atoms with Gasteiger partial charge in [0, 0.05) is 19.2 Å². The summed E-state index contributed by atoms with van der Waals surface area (Å²) in [5.74, 6) is -0.796. The monoisotopic (exact) mass is 375 g/mol. The van der Waals surface area contributed by atoms with Gasteiger partial charge in [-0.1, -0.05) is 37.3 Å². The Hall–Kier alpha value is -2.74. The number of carbonyl (C=O) groups excluding carboxylic acids is 1. The number of aromatic nitrogens is 2. The van der Waals surface area contributed by atoms with Gasteiger partial charge in [-0.15, -0.1) is 0 Å². The van der Waals surface area contributed by atoms with Crippen molar-refractivity contribution in [3.63, 3.8) is 0 Å². The fourth-order valence-corrected chi connectivity index (χ4v) is 2.73. The summed E-state index contributed by atoms with van der Waals surface area (Å²) >= 11 is 5.06. The van der Waals surface area contributed by atoms with E-state index in [1.165, 1.54) is 17.9 Å². The summed E-state index contributed by atoms with van der Waals surface area (Å²) < 4.78 is 6.35. The molecule has 1 heterocycles. The van der Waals surface area contributed by atoms with Crippen LogP contribution in [0.15, 0.2) is 40.1 Å². The topological polar surface area (TPSA) is 96.7 Å². The third-order valence-electron chi connectivity index (χ3n) is 3.78. The molecular formula is C18H21N3O4S. The van der Waals surface area contributed by atoms with E-state index in [1.807, 2.05) is 37.3 Å². The standard InChI is InChI=1S/C18H21N3O4S/c1-3-9-21-16(23)13(15(22)20-18(21)26)11-19-14(17(24)25-2)10-12-7-5-4-6-8-12/h4-8,11,14,23H,3,9-10H2,1-2H3,(H,20,22,26)/t14-/m1/s1. The number of benzene rings is 1. The molecule has 0 aliphatic heterocycles. The number of nitrogens with zero attached hydrogens (tertiary/aromatic N) is 2. The Morgan fingerprint density at radius 2 is 2.12 bits per heavy atom. The number of methoxy groups -OCH3 is 1. The second-order valence-corrected chi connectivity index (χ2v) is 6.04. The molecular weight excluding hydrogens is 354 g/mol. The quantitative estimate of drug-likeness (QED) is 0.439. The largest absolute Gasteiger partial charge is 0.494 e. The van der Waals surface area contributed by atoms with Crippen LogP contribution in [0.1, 0.15) is 24.5 Å². The Kier molecular flexibility index (Phi) is 6.85. The summed E-state index contributed by atoms with van der Waals surface area (Å²) in [6.07, 6.45) is 2.24. The molecule has 26 heavy (non-hydrogen) atoms. The maximum absolute atomic E-state index is 12.1. The first kappa shape index (κ1) is 19.6. The molecule has 0 bridgehead atoms. The molecule has 0 amide bonds. The summed E-state index contributed by atoms with van der Waals surface area (Å²) in [6, 6.07) is 8.51. The third kappa shape index (κ3) is 4.66. The number of esters is 1. The van der Waals surface area contributed by atoms with Gasteiger partial charge in [-0.3, -0.25) is 19.3 Å². The molecule has 2 N–H and O–H groups in total. The first-order valence-corrected chi connectivity index (χ1v) is 8.59. The maximum Gasteiger partial charge on any atom is 0.330 e. The van der Waals surface area contributed by atoms with Gasteiger partial charge in [0.05, 0.1) is 7.11 Å². The first-order valence-electron chi connectivity index (χ1n) is 8.19. The zero-order chi connectivity index (χ0) is 19.1. The van der Waals surface area contributed by atoms with Gasteiger partial charge in [-0.05, 0) is 24.2 Å². The van der Waals surface area contributed by atoms with Gasteiger partial charge in [0.2, 0.25) is 5.88 Å². The number of aromatic hydroxyl groups is 1. The van der Waals surface area contributed by atoms with Crippen LogP contribution in [0.2, 0.25) is 0 Å². The molecule has 0 unspecified atom stereocenters. The van der Waals surface area contributed by atoms with Crippen LogP contribution in [0.4, 0.5) is 0 Å². The Balaban J connectivity index is 2.38. The molecule has 8 heteroatoms. The molecule has 2 aromatic rings. The molecule has 0 aliphatic carbocycles. The number of aliphatic imine (C=N–C) groups is 1. The van der Waals surface area contributed by atoms with Gasteiger partial charge in [-0.25, -0.2) is 4.79 Å². The number of aromatic amines is 1. The molecule has 1 aromatic heterocycles. The van der Waals surface area contributed by atoms with E-state index in [-0.39, 0.29) is 16.2 Å². The molecule has 1 atom stereocenters. The molecule has 0 fully saturated rings. The molecule has 1 aromatic carbocycles. The number of hydrogen-bond donors (Lipinski definition) is 2. The molecule has 138 valence electrons. The van der Waals surface area contributed by atoms with E-state index in [1.54, 1.807) is 0 Å². The van der Waals surface area contributed by atoms with E-state index < -0.39 is 17.6 Å². The van der Waals surface area contributed by atoms with Crippen LogP contribution in [0.25, 0.3) is 0 Å². The van der Waals surface area contributed by atoms with E-state index in [2.05, 4.69) is 9.98 Å². The van der Waals surface area contributed by atoms with Crippen molar-refractivity contribution in [2.24, 2.45) is 4.99 Å². The molecule has 2 rings (SSSR count). The molecule has 0 saturated heterocycles. The number of rotatable bonds is 7. The van der Waals surface area contributed by atoms with Crippen molar-refractivity contribution in [1.82, 2.24) is 9.55 Å².